The molecule has 13 rings (SSSR count). The van der Waals surface area contributed by atoms with Crippen LogP contribution in [0, 0.1) is 13.8 Å². The Hall–Kier alpha value is -6.78. The quantitative estimate of drug-likeness (QED) is 0.147. The van der Waals surface area contributed by atoms with E-state index in [9.17, 15) is 0 Å². The fourth-order valence-corrected chi connectivity index (χ4v) is 16.3. The fraction of sp³-hybridized carbons (Fsp3) is 0.368. The molecule has 8 aromatic rings. The maximum Gasteiger partial charge on any atom is 0.252 e. The monoisotopic (exact) mass is 1050 g/mol. The van der Waals surface area contributed by atoms with Crippen molar-refractivity contribution in [3.8, 4) is 0 Å². The van der Waals surface area contributed by atoms with Crippen molar-refractivity contribution >= 4 is 74.3 Å². The molecule has 80 heavy (non-hydrogen) atoms. The molecule has 0 bridgehead atoms. The lowest BCUT2D eigenvalue weighted by atomic mass is 9.33. The topological polar surface area (TPSA) is 9.72 Å². The predicted molar refractivity (Wildman–Crippen MR) is 344 cm³/mol. The zero-order chi connectivity index (χ0) is 56.4. The zero-order valence-electron chi connectivity index (χ0n) is 51.0. The molecule has 2 heterocycles. The average Bonchev–Trinajstić information content (AvgIpc) is 3.31. The minimum Gasteiger partial charge on any atom is -0.311 e. The Morgan fingerprint density at radius 2 is 0.863 bits per heavy atom. The molecule has 406 valence electrons. The van der Waals surface area contributed by atoms with Crippen LogP contribution in [0.3, 0.4) is 0 Å². The van der Waals surface area contributed by atoms with Gasteiger partial charge in [-0.25, -0.2) is 0 Å². The second-order valence-electron chi connectivity index (χ2n) is 29.5. The second kappa shape index (κ2) is 17.6. The lowest BCUT2D eigenvalue weighted by Gasteiger charge is -2.48. The summed E-state index contributed by atoms with van der Waals surface area (Å²) in [6.45, 7) is 39.5. The summed E-state index contributed by atoms with van der Waals surface area (Å²) in [5.74, 6) is 0. The molecule has 5 aliphatic rings. The number of fused-ring (bicyclic) bond motifs is 7. The lowest BCUT2D eigenvalue weighted by molar-refractivity contribution is 0.330. The molecule has 3 aliphatic carbocycles. The van der Waals surface area contributed by atoms with E-state index in [0.29, 0.717) is 0 Å². The van der Waals surface area contributed by atoms with E-state index in [1.165, 1.54) is 119 Å². The highest BCUT2D eigenvalue weighted by Gasteiger charge is 2.50. The summed E-state index contributed by atoms with van der Waals surface area (Å²) in [4.78, 5) is 8.01. The van der Waals surface area contributed by atoms with E-state index in [-0.39, 0.29) is 44.6 Å². The number of hydrogen-bond acceptors (Lipinski definition) is 3. The van der Waals surface area contributed by atoms with Gasteiger partial charge in [-0.3, -0.25) is 0 Å². The van der Waals surface area contributed by atoms with Crippen LogP contribution < -0.4 is 31.1 Å². The van der Waals surface area contributed by atoms with E-state index in [1.807, 2.05) is 0 Å². The van der Waals surface area contributed by atoms with Crippen LogP contribution in [0.5, 0.6) is 0 Å². The molecular weight excluding hydrogens is 966 g/mol. The maximum atomic E-state index is 2.76. The van der Waals surface area contributed by atoms with Gasteiger partial charge in [0.1, 0.15) is 0 Å². The number of nitrogens with zero attached hydrogens (tertiary/aromatic N) is 3. The van der Waals surface area contributed by atoms with Crippen molar-refractivity contribution in [3.63, 3.8) is 0 Å². The number of aryl methyl sites for hydroxylation is 1. The van der Waals surface area contributed by atoms with Crippen LogP contribution in [-0.2, 0) is 37.9 Å². The highest BCUT2D eigenvalue weighted by Crippen LogP contribution is 2.57. The first kappa shape index (κ1) is 52.6. The lowest BCUT2D eigenvalue weighted by Crippen LogP contribution is -2.61. The molecule has 8 aromatic carbocycles. The van der Waals surface area contributed by atoms with Gasteiger partial charge < -0.3 is 14.7 Å². The smallest absolute Gasteiger partial charge is 0.252 e. The first-order valence-corrected chi connectivity index (χ1v) is 30.1. The average molecular weight is 1050 g/mol. The third kappa shape index (κ3) is 7.87. The van der Waals surface area contributed by atoms with Crippen LogP contribution in [0.15, 0.2) is 158 Å². The molecular formula is C76H84BN3. The van der Waals surface area contributed by atoms with Crippen molar-refractivity contribution < 1.29 is 0 Å². The molecule has 2 aliphatic heterocycles. The van der Waals surface area contributed by atoms with Crippen molar-refractivity contribution in [1.82, 2.24) is 0 Å². The summed E-state index contributed by atoms with van der Waals surface area (Å²) in [6.07, 6.45) is 5.75. The van der Waals surface area contributed by atoms with Gasteiger partial charge in [-0.2, -0.15) is 0 Å². The molecule has 0 N–H and O–H groups in total. The summed E-state index contributed by atoms with van der Waals surface area (Å²) < 4.78 is 0. The molecule has 0 aromatic heterocycles. The third-order valence-corrected chi connectivity index (χ3v) is 20.9. The van der Waals surface area contributed by atoms with Gasteiger partial charge in [0, 0.05) is 50.9 Å². The SMILES string of the molecule is Cc1cc2c(cc1N1c3cc(C(C)(C)c4ccccc4)ccc3B3c4cc5c(cc4N(c4ccc6c(c4C)C(C)(C)CCC6(C)C)c4cc(N(c6ccccc6)c6ccccc6)cc1c43)C(C)(C)CC5(C)C)C(C)(C)CCC2(C)C. The van der Waals surface area contributed by atoms with Gasteiger partial charge in [-0.1, -0.05) is 194 Å². The molecule has 0 spiro atoms. The number of anilines is 9. The van der Waals surface area contributed by atoms with Crippen LogP contribution in [0.4, 0.5) is 51.2 Å². The van der Waals surface area contributed by atoms with Crippen LogP contribution >= 0.6 is 0 Å². The van der Waals surface area contributed by atoms with E-state index in [2.05, 4.69) is 283 Å². The Bertz CT molecular complexity index is 3780. The van der Waals surface area contributed by atoms with E-state index in [4.69, 9.17) is 0 Å². The highest BCUT2D eigenvalue weighted by molar-refractivity contribution is 7.00. The summed E-state index contributed by atoms with van der Waals surface area (Å²) in [5.41, 5.74) is 29.3. The highest BCUT2D eigenvalue weighted by atomic mass is 15.2. The van der Waals surface area contributed by atoms with Crippen LogP contribution in [0.25, 0.3) is 0 Å². The molecule has 0 unspecified atom stereocenters. The summed E-state index contributed by atoms with van der Waals surface area (Å²) in [5, 5.41) is 0. The Balaban J connectivity index is 1.21. The van der Waals surface area contributed by atoms with Crippen molar-refractivity contribution in [2.45, 2.75) is 181 Å². The maximum absolute atomic E-state index is 2.76. The zero-order valence-corrected chi connectivity index (χ0v) is 51.0. The Morgan fingerprint density at radius 3 is 1.45 bits per heavy atom. The molecule has 0 fully saturated rings. The second-order valence-corrected chi connectivity index (χ2v) is 29.5. The van der Waals surface area contributed by atoms with Gasteiger partial charge in [0.25, 0.3) is 6.71 Å². The molecule has 3 nitrogen and oxygen atoms in total. The van der Waals surface area contributed by atoms with Crippen molar-refractivity contribution in [2.75, 3.05) is 14.7 Å². The van der Waals surface area contributed by atoms with Crippen molar-refractivity contribution in [2.24, 2.45) is 0 Å². The summed E-state index contributed by atoms with van der Waals surface area (Å²) >= 11 is 0. The minimum absolute atomic E-state index is 0.00277. The van der Waals surface area contributed by atoms with Crippen LogP contribution in [0.2, 0.25) is 0 Å². The number of benzene rings is 8. The van der Waals surface area contributed by atoms with Gasteiger partial charge in [0.2, 0.25) is 0 Å². The van der Waals surface area contributed by atoms with Gasteiger partial charge in [0.05, 0.1) is 5.69 Å². The standard InChI is InChI=1S/C76H84BN3/c1-48-40-56-58(72(7,8)37-36-71(56,5)6)45-63(48)80-64-41-51(76(15,16)50-26-20-17-21-27-50)32-34-60(64)77-61-44-57-59(75(13,14)47-74(57,11)12)46-65(61)79(62-35-33-55-68(49(62)2)73(9,10)39-38-70(55,3)4)66-42-54(43-67(80)69(66)77)78(52-28-22-18-23-29-52)53-30-24-19-25-31-53/h17-35,40-46H,36-39,47H2,1-16H3. The van der Waals surface area contributed by atoms with E-state index >= 15 is 0 Å². The third-order valence-electron chi connectivity index (χ3n) is 20.9. The number of para-hydroxylation sites is 2. The molecule has 0 saturated heterocycles. The molecule has 4 heteroatoms. The largest absolute Gasteiger partial charge is 0.311 e. The van der Waals surface area contributed by atoms with Gasteiger partial charge >= 0.3 is 0 Å². The van der Waals surface area contributed by atoms with Gasteiger partial charge in [-0.15, -0.1) is 0 Å². The van der Waals surface area contributed by atoms with E-state index < -0.39 is 0 Å². The molecule has 0 saturated carbocycles. The minimum atomic E-state index is -0.270. The summed E-state index contributed by atoms with van der Waals surface area (Å²) in [7, 11) is 0. The van der Waals surface area contributed by atoms with Crippen LogP contribution in [-0.4, -0.2) is 6.71 Å². The Labute approximate surface area is 480 Å². The first-order valence-electron chi connectivity index (χ1n) is 30.1. The predicted octanol–water partition coefficient (Wildman–Crippen LogP) is 18.8. The van der Waals surface area contributed by atoms with E-state index in [1.54, 1.807) is 0 Å². The molecule has 0 radical (unpaired) electrons. The van der Waals surface area contributed by atoms with Gasteiger partial charge in [0.15, 0.2) is 0 Å². The van der Waals surface area contributed by atoms with Crippen LogP contribution in [0.1, 0.15) is 185 Å². The molecule has 0 atom stereocenters. The molecule has 0 amide bonds. The number of hydrogen-bond donors (Lipinski definition) is 0. The fourth-order valence-electron chi connectivity index (χ4n) is 16.3. The number of rotatable bonds is 7. The van der Waals surface area contributed by atoms with E-state index in [0.717, 1.165) is 36.3 Å². The Kier molecular flexibility index (Phi) is 11.6. The first-order chi connectivity index (χ1) is 37.7. The van der Waals surface area contributed by atoms with Crippen molar-refractivity contribution in [1.29, 1.82) is 0 Å². The summed E-state index contributed by atoms with van der Waals surface area (Å²) in [6, 6.07) is 61.7. The normalized spacial score (nSPS) is 19.0. The van der Waals surface area contributed by atoms with Crippen molar-refractivity contribution in [3.05, 3.63) is 213 Å². The Morgan fingerprint density at radius 1 is 0.388 bits per heavy atom. The van der Waals surface area contributed by atoms with Gasteiger partial charge in [-0.05, 0) is 211 Å².